The van der Waals surface area contributed by atoms with E-state index in [2.05, 4.69) is 21.2 Å². The minimum Gasteiger partial charge on any atom is -0.455 e. The van der Waals surface area contributed by atoms with Gasteiger partial charge in [-0.3, -0.25) is 4.79 Å². The molecule has 0 fully saturated rings. The Morgan fingerprint density at radius 1 is 1.32 bits per heavy atom. The lowest BCUT2D eigenvalue weighted by molar-refractivity contribution is 0.0995. The van der Waals surface area contributed by atoms with E-state index in [1.807, 2.05) is 26.0 Å². The first-order valence-corrected chi connectivity index (χ1v) is 6.67. The standard InChI is InChI=1S/C14H15BrN2O2/c1-8-5-10(15)6-9(2)13(8)17-14(18)12-4-3-11(7-16)19-12/h3-6H,7,16H2,1-2H3,(H,17,18). The Morgan fingerprint density at radius 2 is 1.95 bits per heavy atom. The molecule has 5 heteroatoms. The van der Waals surface area contributed by atoms with Crippen molar-refractivity contribution in [2.24, 2.45) is 5.73 Å². The molecule has 0 aliphatic carbocycles. The van der Waals surface area contributed by atoms with Gasteiger partial charge in [-0.25, -0.2) is 0 Å². The van der Waals surface area contributed by atoms with Crippen LogP contribution in [0.15, 0.2) is 33.2 Å². The van der Waals surface area contributed by atoms with Crippen LogP contribution in [0.5, 0.6) is 0 Å². The molecule has 0 spiro atoms. The molecule has 1 aromatic heterocycles. The summed E-state index contributed by atoms with van der Waals surface area (Å²) in [6, 6.07) is 7.24. The van der Waals surface area contributed by atoms with Crippen LogP contribution in [0.3, 0.4) is 0 Å². The van der Waals surface area contributed by atoms with E-state index in [1.54, 1.807) is 12.1 Å². The molecule has 0 unspecified atom stereocenters. The normalized spacial score (nSPS) is 10.5. The summed E-state index contributed by atoms with van der Waals surface area (Å²) in [6.07, 6.45) is 0. The van der Waals surface area contributed by atoms with Crippen molar-refractivity contribution in [2.45, 2.75) is 20.4 Å². The average Bonchev–Trinajstić information content (AvgIpc) is 2.82. The van der Waals surface area contributed by atoms with Gasteiger partial charge < -0.3 is 15.5 Å². The summed E-state index contributed by atoms with van der Waals surface area (Å²) >= 11 is 3.43. The molecule has 0 radical (unpaired) electrons. The molecule has 1 aromatic carbocycles. The van der Waals surface area contributed by atoms with Crippen molar-refractivity contribution in [1.29, 1.82) is 0 Å². The maximum absolute atomic E-state index is 12.1. The van der Waals surface area contributed by atoms with Crippen LogP contribution in [-0.4, -0.2) is 5.91 Å². The number of hydrogen-bond acceptors (Lipinski definition) is 3. The highest BCUT2D eigenvalue weighted by molar-refractivity contribution is 9.10. The minimum atomic E-state index is -0.270. The van der Waals surface area contributed by atoms with Gasteiger partial charge in [0.25, 0.3) is 5.91 Å². The van der Waals surface area contributed by atoms with Gasteiger partial charge in [0.05, 0.1) is 6.54 Å². The third-order valence-corrected chi connectivity index (χ3v) is 3.28. The average molecular weight is 323 g/mol. The molecule has 0 atom stereocenters. The van der Waals surface area contributed by atoms with E-state index in [9.17, 15) is 4.79 Å². The van der Waals surface area contributed by atoms with Crippen LogP contribution < -0.4 is 11.1 Å². The third kappa shape index (κ3) is 3.05. The first kappa shape index (κ1) is 13.8. The molecule has 0 aliphatic rings. The monoisotopic (exact) mass is 322 g/mol. The van der Waals surface area contributed by atoms with Crippen LogP contribution in [0.4, 0.5) is 5.69 Å². The molecule has 19 heavy (non-hydrogen) atoms. The minimum absolute atomic E-state index is 0.266. The van der Waals surface area contributed by atoms with Crippen LogP contribution in [-0.2, 0) is 6.54 Å². The Kier molecular flexibility index (Phi) is 4.07. The summed E-state index contributed by atoms with van der Waals surface area (Å²) < 4.78 is 6.31. The van der Waals surface area contributed by atoms with Crippen molar-refractivity contribution in [3.63, 3.8) is 0 Å². The first-order chi connectivity index (χ1) is 9.01. The molecule has 1 heterocycles. The lowest BCUT2D eigenvalue weighted by Crippen LogP contribution is -2.13. The number of hydrogen-bond donors (Lipinski definition) is 2. The SMILES string of the molecule is Cc1cc(Br)cc(C)c1NC(=O)c1ccc(CN)o1. The molecular formula is C14H15BrN2O2. The van der Waals surface area contributed by atoms with Crippen molar-refractivity contribution in [1.82, 2.24) is 0 Å². The highest BCUT2D eigenvalue weighted by atomic mass is 79.9. The van der Waals surface area contributed by atoms with Gasteiger partial charge in [0.15, 0.2) is 5.76 Å². The van der Waals surface area contributed by atoms with E-state index >= 15 is 0 Å². The number of nitrogens with one attached hydrogen (secondary N) is 1. The van der Waals surface area contributed by atoms with Crippen LogP contribution in [0.25, 0.3) is 0 Å². The number of benzene rings is 1. The molecule has 0 bridgehead atoms. The Labute approximate surface area is 120 Å². The van der Waals surface area contributed by atoms with Crippen LogP contribution >= 0.6 is 15.9 Å². The summed E-state index contributed by atoms with van der Waals surface area (Å²) in [5.74, 6) is 0.588. The molecule has 2 aromatic rings. The van der Waals surface area contributed by atoms with Gasteiger partial charge in [-0.15, -0.1) is 0 Å². The number of halogens is 1. The van der Waals surface area contributed by atoms with Gasteiger partial charge in [0.2, 0.25) is 0 Å². The summed E-state index contributed by atoms with van der Waals surface area (Å²) in [4.78, 5) is 12.1. The molecule has 0 saturated heterocycles. The molecule has 2 rings (SSSR count). The van der Waals surface area contributed by atoms with Crippen molar-refractivity contribution >= 4 is 27.5 Å². The summed E-state index contributed by atoms with van der Waals surface area (Å²) in [5, 5.41) is 2.87. The number of amides is 1. The van der Waals surface area contributed by atoms with E-state index in [-0.39, 0.29) is 18.2 Å². The predicted octanol–water partition coefficient (Wildman–Crippen LogP) is 3.37. The lowest BCUT2D eigenvalue weighted by Gasteiger charge is -2.11. The zero-order chi connectivity index (χ0) is 14.0. The summed E-state index contributed by atoms with van der Waals surface area (Å²) in [7, 11) is 0. The second kappa shape index (κ2) is 5.59. The Bertz CT molecular complexity index is 597. The van der Waals surface area contributed by atoms with Gasteiger partial charge in [-0.2, -0.15) is 0 Å². The lowest BCUT2D eigenvalue weighted by atomic mass is 10.1. The van der Waals surface area contributed by atoms with Crippen molar-refractivity contribution < 1.29 is 9.21 Å². The smallest absolute Gasteiger partial charge is 0.291 e. The number of aryl methyl sites for hydroxylation is 2. The van der Waals surface area contributed by atoms with Gasteiger partial charge in [-0.1, -0.05) is 15.9 Å². The largest absolute Gasteiger partial charge is 0.455 e. The van der Waals surface area contributed by atoms with Crippen LogP contribution in [0.1, 0.15) is 27.4 Å². The van der Waals surface area contributed by atoms with E-state index in [4.69, 9.17) is 10.2 Å². The topological polar surface area (TPSA) is 68.3 Å². The molecular weight excluding hydrogens is 308 g/mol. The highest BCUT2D eigenvalue weighted by Crippen LogP contribution is 2.25. The summed E-state index contributed by atoms with van der Waals surface area (Å²) in [5.41, 5.74) is 8.24. The maximum atomic E-state index is 12.1. The van der Waals surface area contributed by atoms with Gasteiger partial charge in [0, 0.05) is 10.2 Å². The molecule has 100 valence electrons. The van der Waals surface area contributed by atoms with Crippen molar-refractivity contribution in [3.05, 3.63) is 51.4 Å². The fraction of sp³-hybridized carbons (Fsp3) is 0.214. The third-order valence-electron chi connectivity index (χ3n) is 2.82. The number of furan rings is 1. The highest BCUT2D eigenvalue weighted by Gasteiger charge is 2.13. The van der Waals surface area contributed by atoms with Crippen LogP contribution in [0.2, 0.25) is 0 Å². The Hall–Kier alpha value is -1.59. The fourth-order valence-corrected chi connectivity index (χ4v) is 2.58. The Balaban J connectivity index is 2.24. The van der Waals surface area contributed by atoms with E-state index in [0.29, 0.717) is 5.76 Å². The number of rotatable bonds is 3. The number of carbonyl (C=O) groups excluding carboxylic acids is 1. The van der Waals surface area contributed by atoms with E-state index < -0.39 is 0 Å². The van der Waals surface area contributed by atoms with Gasteiger partial charge in [0.1, 0.15) is 5.76 Å². The zero-order valence-corrected chi connectivity index (χ0v) is 12.4. The zero-order valence-electron chi connectivity index (χ0n) is 10.8. The first-order valence-electron chi connectivity index (χ1n) is 5.88. The van der Waals surface area contributed by atoms with Crippen molar-refractivity contribution in [3.8, 4) is 0 Å². The predicted molar refractivity (Wildman–Crippen MR) is 78.2 cm³/mol. The van der Waals surface area contributed by atoms with Crippen molar-refractivity contribution in [2.75, 3.05) is 5.32 Å². The second-order valence-corrected chi connectivity index (χ2v) is 5.25. The maximum Gasteiger partial charge on any atom is 0.291 e. The van der Waals surface area contributed by atoms with E-state index in [1.165, 1.54) is 0 Å². The van der Waals surface area contributed by atoms with E-state index in [0.717, 1.165) is 21.3 Å². The molecule has 3 N–H and O–H groups in total. The van der Waals surface area contributed by atoms with Crippen LogP contribution in [0, 0.1) is 13.8 Å². The molecule has 0 saturated carbocycles. The van der Waals surface area contributed by atoms with Gasteiger partial charge >= 0.3 is 0 Å². The molecule has 4 nitrogen and oxygen atoms in total. The van der Waals surface area contributed by atoms with Gasteiger partial charge in [-0.05, 0) is 49.2 Å². The second-order valence-electron chi connectivity index (χ2n) is 4.34. The Morgan fingerprint density at radius 3 is 2.47 bits per heavy atom. The molecule has 1 amide bonds. The number of nitrogens with two attached hydrogens (primary N) is 1. The quantitative estimate of drug-likeness (QED) is 0.910. The number of anilines is 1. The fourth-order valence-electron chi connectivity index (χ4n) is 1.89. The summed E-state index contributed by atoms with van der Waals surface area (Å²) in [6.45, 7) is 4.17. The number of carbonyl (C=O) groups is 1. The molecule has 0 aliphatic heterocycles.